The monoisotopic (exact) mass is 269 g/mol. The summed E-state index contributed by atoms with van der Waals surface area (Å²) in [6, 6.07) is 9.42. The van der Waals surface area contributed by atoms with Gasteiger partial charge in [-0.15, -0.1) is 0 Å². The van der Waals surface area contributed by atoms with Gasteiger partial charge in [-0.3, -0.25) is 0 Å². The van der Waals surface area contributed by atoms with E-state index in [-0.39, 0.29) is 0 Å². The van der Waals surface area contributed by atoms with Gasteiger partial charge < -0.3 is 5.32 Å². The molecule has 2 heteroatoms. The zero-order valence-corrected chi connectivity index (χ0v) is 11.5. The lowest BCUT2D eigenvalue weighted by atomic mass is 10.0. The molecule has 84 valence electrons. The van der Waals surface area contributed by atoms with Gasteiger partial charge in [-0.25, -0.2) is 0 Å². The molecule has 1 rings (SSSR count). The van der Waals surface area contributed by atoms with Crippen LogP contribution in [0.25, 0.3) is 0 Å². The molecule has 1 nitrogen and oxygen atoms in total. The van der Waals surface area contributed by atoms with Gasteiger partial charge in [0, 0.05) is 16.6 Å². The Morgan fingerprint density at radius 3 is 2.33 bits per heavy atom. The molecule has 0 aliphatic rings. The molecule has 0 aromatic heterocycles. The second-order valence-corrected chi connectivity index (χ2v) is 5.39. The van der Waals surface area contributed by atoms with Crippen molar-refractivity contribution >= 4 is 15.9 Å². The van der Waals surface area contributed by atoms with E-state index in [2.05, 4.69) is 73.2 Å². The predicted molar refractivity (Wildman–Crippen MR) is 70.0 cm³/mol. The standard InChI is InChI=1S/C13H20BrN/c1-9(2)10(3)15-11(4)12-6-5-7-13(14)8-12/h5-11,15H,1-4H3/t10-,11+/m0/s1. The number of benzene rings is 1. The third kappa shape index (κ3) is 3.96. The van der Waals surface area contributed by atoms with E-state index >= 15 is 0 Å². The zero-order valence-electron chi connectivity index (χ0n) is 9.92. The van der Waals surface area contributed by atoms with E-state index in [0.717, 1.165) is 4.47 Å². The van der Waals surface area contributed by atoms with Crippen molar-refractivity contribution in [1.29, 1.82) is 0 Å². The minimum Gasteiger partial charge on any atom is -0.307 e. The number of hydrogen-bond acceptors (Lipinski definition) is 1. The van der Waals surface area contributed by atoms with Gasteiger partial charge in [-0.1, -0.05) is 41.9 Å². The number of hydrogen-bond donors (Lipinski definition) is 1. The van der Waals surface area contributed by atoms with Gasteiger partial charge in [-0.2, -0.15) is 0 Å². The molecule has 0 saturated carbocycles. The second-order valence-electron chi connectivity index (χ2n) is 4.48. The molecule has 1 N–H and O–H groups in total. The van der Waals surface area contributed by atoms with Crippen LogP contribution in [0.4, 0.5) is 0 Å². The molecular formula is C13H20BrN. The molecular weight excluding hydrogens is 250 g/mol. The molecule has 0 aliphatic carbocycles. The highest BCUT2D eigenvalue weighted by atomic mass is 79.9. The van der Waals surface area contributed by atoms with Crippen LogP contribution in [0, 0.1) is 5.92 Å². The first-order chi connectivity index (χ1) is 7.00. The second kappa shape index (κ2) is 5.66. The fourth-order valence-electron chi connectivity index (χ4n) is 1.46. The van der Waals surface area contributed by atoms with Crippen LogP contribution in [0.3, 0.4) is 0 Å². The van der Waals surface area contributed by atoms with Crippen molar-refractivity contribution in [1.82, 2.24) is 5.32 Å². The highest BCUT2D eigenvalue weighted by Gasteiger charge is 2.11. The van der Waals surface area contributed by atoms with Gasteiger partial charge in [-0.05, 0) is 37.5 Å². The lowest BCUT2D eigenvalue weighted by Gasteiger charge is -2.23. The van der Waals surface area contributed by atoms with Crippen LogP contribution in [-0.4, -0.2) is 6.04 Å². The molecule has 0 saturated heterocycles. The minimum atomic E-state index is 0.403. The summed E-state index contributed by atoms with van der Waals surface area (Å²) in [6.45, 7) is 8.93. The highest BCUT2D eigenvalue weighted by Crippen LogP contribution is 2.19. The molecule has 15 heavy (non-hydrogen) atoms. The normalized spacial score (nSPS) is 15.3. The van der Waals surface area contributed by atoms with Crippen LogP contribution in [-0.2, 0) is 0 Å². The van der Waals surface area contributed by atoms with Gasteiger partial charge in [0.25, 0.3) is 0 Å². The SMILES string of the molecule is CC(C)[C@H](C)N[C@H](C)c1cccc(Br)c1. The molecule has 0 amide bonds. The third-order valence-corrected chi connectivity index (χ3v) is 3.35. The summed E-state index contributed by atoms with van der Waals surface area (Å²) in [5.74, 6) is 0.666. The maximum atomic E-state index is 3.60. The first kappa shape index (κ1) is 12.7. The maximum absolute atomic E-state index is 3.60. The van der Waals surface area contributed by atoms with E-state index in [9.17, 15) is 0 Å². The Bertz CT molecular complexity index is 309. The molecule has 0 unspecified atom stereocenters. The summed E-state index contributed by atoms with van der Waals surface area (Å²) in [6.07, 6.45) is 0. The van der Waals surface area contributed by atoms with Crippen molar-refractivity contribution in [2.45, 2.75) is 39.8 Å². The van der Waals surface area contributed by atoms with Crippen LogP contribution in [0.2, 0.25) is 0 Å². The predicted octanol–water partition coefficient (Wildman–Crippen LogP) is 4.14. The van der Waals surface area contributed by atoms with Crippen molar-refractivity contribution in [3.05, 3.63) is 34.3 Å². The first-order valence-electron chi connectivity index (χ1n) is 5.52. The summed E-state index contributed by atoms with van der Waals surface area (Å²) >= 11 is 3.50. The minimum absolute atomic E-state index is 0.403. The third-order valence-electron chi connectivity index (χ3n) is 2.86. The lowest BCUT2D eigenvalue weighted by molar-refractivity contribution is 0.389. The van der Waals surface area contributed by atoms with E-state index in [1.54, 1.807) is 0 Å². The van der Waals surface area contributed by atoms with Crippen molar-refractivity contribution in [2.75, 3.05) is 0 Å². The van der Waals surface area contributed by atoms with Crippen LogP contribution < -0.4 is 5.32 Å². The summed E-state index contributed by atoms with van der Waals surface area (Å²) in [7, 11) is 0. The summed E-state index contributed by atoms with van der Waals surface area (Å²) in [5, 5.41) is 3.60. The van der Waals surface area contributed by atoms with Gasteiger partial charge in [0.15, 0.2) is 0 Å². The Labute approximate surface area is 101 Å². The van der Waals surface area contributed by atoms with Gasteiger partial charge in [0.05, 0.1) is 0 Å². The van der Waals surface area contributed by atoms with E-state index < -0.39 is 0 Å². The first-order valence-corrected chi connectivity index (χ1v) is 6.31. The van der Waals surface area contributed by atoms with Crippen LogP contribution in [0.1, 0.15) is 39.3 Å². The van der Waals surface area contributed by atoms with Crippen molar-refractivity contribution in [3.63, 3.8) is 0 Å². The quantitative estimate of drug-likeness (QED) is 0.866. The smallest absolute Gasteiger partial charge is 0.0294 e. The molecule has 0 bridgehead atoms. The molecule has 0 fully saturated rings. The van der Waals surface area contributed by atoms with Gasteiger partial charge in [0.2, 0.25) is 0 Å². The van der Waals surface area contributed by atoms with Gasteiger partial charge in [0.1, 0.15) is 0 Å². The van der Waals surface area contributed by atoms with E-state index in [1.165, 1.54) is 5.56 Å². The molecule has 0 heterocycles. The summed E-state index contributed by atoms with van der Waals surface area (Å²) < 4.78 is 1.14. The fraction of sp³-hybridized carbons (Fsp3) is 0.538. The molecule has 0 aliphatic heterocycles. The fourth-order valence-corrected chi connectivity index (χ4v) is 1.88. The Hall–Kier alpha value is -0.340. The number of halogens is 1. The Morgan fingerprint density at radius 1 is 1.13 bits per heavy atom. The van der Waals surface area contributed by atoms with Crippen molar-refractivity contribution in [3.8, 4) is 0 Å². The summed E-state index contributed by atoms with van der Waals surface area (Å²) in [4.78, 5) is 0. The average molecular weight is 270 g/mol. The van der Waals surface area contributed by atoms with Crippen molar-refractivity contribution < 1.29 is 0 Å². The number of rotatable bonds is 4. The Kier molecular flexibility index (Phi) is 4.81. The maximum Gasteiger partial charge on any atom is 0.0294 e. The largest absolute Gasteiger partial charge is 0.307 e. The van der Waals surface area contributed by atoms with Crippen LogP contribution in [0.5, 0.6) is 0 Å². The average Bonchev–Trinajstić information content (AvgIpc) is 2.17. The molecule has 1 aromatic rings. The molecule has 1 aromatic carbocycles. The number of nitrogens with one attached hydrogen (secondary N) is 1. The summed E-state index contributed by atoms with van der Waals surface area (Å²) in [5.41, 5.74) is 1.33. The van der Waals surface area contributed by atoms with Crippen LogP contribution >= 0.6 is 15.9 Å². The Morgan fingerprint density at radius 2 is 1.80 bits per heavy atom. The molecule has 0 radical (unpaired) electrons. The van der Waals surface area contributed by atoms with E-state index in [4.69, 9.17) is 0 Å². The van der Waals surface area contributed by atoms with Crippen molar-refractivity contribution in [2.24, 2.45) is 5.92 Å². The highest BCUT2D eigenvalue weighted by molar-refractivity contribution is 9.10. The molecule has 2 atom stereocenters. The zero-order chi connectivity index (χ0) is 11.4. The van der Waals surface area contributed by atoms with Crippen LogP contribution in [0.15, 0.2) is 28.7 Å². The lowest BCUT2D eigenvalue weighted by Crippen LogP contribution is -2.32. The Balaban J connectivity index is 2.64. The van der Waals surface area contributed by atoms with E-state index in [1.807, 2.05) is 0 Å². The van der Waals surface area contributed by atoms with E-state index in [0.29, 0.717) is 18.0 Å². The topological polar surface area (TPSA) is 12.0 Å². The van der Waals surface area contributed by atoms with Gasteiger partial charge >= 0.3 is 0 Å². The molecule has 0 spiro atoms.